The lowest BCUT2D eigenvalue weighted by Gasteiger charge is -2.39. The maximum atomic E-state index is 12.4. The van der Waals surface area contributed by atoms with Crippen LogP contribution in [-0.2, 0) is 10.2 Å². The maximum absolute atomic E-state index is 12.4. The Morgan fingerprint density at radius 2 is 1.93 bits per heavy atom. The highest BCUT2D eigenvalue weighted by molar-refractivity contribution is 14.0. The van der Waals surface area contributed by atoms with Gasteiger partial charge in [0.15, 0.2) is 5.96 Å². The van der Waals surface area contributed by atoms with E-state index < -0.39 is 12.6 Å². The number of ether oxygens (including phenoxy) is 2. The van der Waals surface area contributed by atoms with Crippen molar-refractivity contribution in [3.8, 4) is 5.75 Å². The SMILES string of the molecule is CN=C(NCCC(F)(F)F)NCC1(c2cc(C)ccc2OC)CCOCC1.I. The lowest BCUT2D eigenvalue weighted by atomic mass is 9.73. The van der Waals surface area contributed by atoms with E-state index in [2.05, 4.69) is 21.7 Å². The van der Waals surface area contributed by atoms with Crippen LogP contribution < -0.4 is 15.4 Å². The largest absolute Gasteiger partial charge is 0.496 e. The number of guanidine groups is 1. The van der Waals surface area contributed by atoms with Crippen LogP contribution in [0.1, 0.15) is 30.4 Å². The summed E-state index contributed by atoms with van der Waals surface area (Å²) in [7, 11) is 3.19. The molecule has 2 N–H and O–H groups in total. The minimum Gasteiger partial charge on any atom is -0.496 e. The van der Waals surface area contributed by atoms with E-state index in [1.165, 1.54) is 0 Å². The fourth-order valence-corrected chi connectivity index (χ4v) is 3.34. The smallest absolute Gasteiger partial charge is 0.390 e. The van der Waals surface area contributed by atoms with Crippen molar-refractivity contribution in [2.45, 2.75) is 37.8 Å². The second-order valence-electron chi connectivity index (χ2n) is 6.81. The van der Waals surface area contributed by atoms with E-state index in [0.717, 1.165) is 29.7 Å². The van der Waals surface area contributed by atoms with Crippen molar-refractivity contribution in [2.75, 3.05) is 40.5 Å². The average molecular weight is 515 g/mol. The number of nitrogens with zero attached hydrogens (tertiary/aromatic N) is 1. The van der Waals surface area contributed by atoms with E-state index in [1.807, 2.05) is 19.1 Å². The summed E-state index contributed by atoms with van der Waals surface area (Å²) in [5, 5.41) is 5.93. The highest BCUT2D eigenvalue weighted by atomic mass is 127. The van der Waals surface area contributed by atoms with Crippen molar-refractivity contribution in [2.24, 2.45) is 4.99 Å². The first kappa shape index (κ1) is 24.8. The van der Waals surface area contributed by atoms with Crippen molar-refractivity contribution in [1.82, 2.24) is 10.6 Å². The molecule has 0 saturated carbocycles. The molecule has 1 aliphatic rings. The molecule has 1 fully saturated rings. The number of methoxy groups -OCH3 is 1. The Labute approximate surface area is 181 Å². The number of alkyl halides is 3. The third kappa shape index (κ3) is 6.98. The van der Waals surface area contributed by atoms with Crippen LogP contribution in [0.5, 0.6) is 5.75 Å². The van der Waals surface area contributed by atoms with Gasteiger partial charge in [-0.3, -0.25) is 4.99 Å². The fraction of sp³-hybridized carbons (Fsp3) is 0.632. The van der Waals surface area contributed by atoms with Crippen molar-refractivity contribution in [1.29, 1.82) is 0 Å². The van der Waals surface area contributed by atoms with Crippen molar-refractivity contribution in [3.05, 3.63) is 29.3 Å². The van der Waals surface area contributed by atoms with Gasteiger partial charge in [0, 0.05) is 44.3 Å². The van der Waals surface area contributed by atoms with E-state index in [-0.39, 0.29) is 35.9 Å². The Balaban J connectivity index is 0.00000392. The molecule has 0 radical (unpaired) electrons. The van der Waals surface area contributed by atoms with Gasteiger partial charge in [0.05, 0.1) is 13.5 Å². The molecular formula is C19H29F3IN3O2. The summed E-state index contributed by atoms with van der Waals surface area (Å²) in [5.74, 6) is 1.17. The van der Waals surface area contributed by atoms with E-state index in [9.17, 15) is 13.2 Å². The van der Waals surface area contributed by atoms with Crippen LogP contribution in [0.25, 0.3) is 0 Å². The zero-order valence-electron chi connectivity index (χ0n) is 16.5. The molecule has 1 aromatic carbocycles. The summed E-state index contributed by atoms with van der Waals surface area (Å²) in [5.41, 5.74) is 1.98. The third-order valence-electron chi connectivity index (χ3n) is 4.89. The van der Waals surface area contributed by atoms with Crippen LogP contribution in [0.2, 0.25) is 0 Å². The number of aliphatic imine (C=N–C) groups is 1. The third-order valence-corrected chi connectivity index (χ3v) is 4.89. The van der Waals surface area contributed by atoms with Crippen LogP contribution in [0, 0.1) is 6.92 Å². The summed E-state index contributed by atoms with van der Waals surface area (Å²) >= 11 is 0. The van der Waals surface area contributed by atoms with Crippen LogP contribution in [0.15, 0.2) is 23.2 Å². The molecule has 0 unspecified atom stereocenters. The van der Waals surface area contributed by atoms with Gasteiger partial charge in [-0.2, -0.15) is 13.2 Å². The van der Waals surface area contributed by atoms with Crippen molar-refractivity contribution < 1.29 is 22.6 Å². The van der Waals surface area contributed by atoms with Crippen LogP contribution >= 0.6 is 24.0 Å². The monoisotopic (exact) mass is 515 g/mol. The second kappa shape index (κ2) is 11.1. The summed E-state index contributed by atoms with van der Waals surface area (Å²) < 4.78 is 48.2. The van der Waals surface area contributed by atoms with Crippen LogP contribution in [0.3, 0.4) is 0 Å². The molecular weight excluding hydrogens is 486 g/mol. The topological polar surface area (TPSA) is 54.9 Å². The molecule has 0 bridgehead atoms. The zero-order chi connectivity index (χ0) is 19.9. The van der Waals surface area contributed by atoms with E-state index in [1.54, 1.807) is 14.2 Å². The van der Waals surface area contributed by atoms with Gasteiger partial charge in [0.25, 0.3) is 0 Å². The predicted octanol–water partition coefficient (Wildman–Crippen LogP) is 3.79. The molecule has 2 rings (SSSR count). The first-order chi connectivity index (χ1) is 12.8. The summed E-state index contributed by atoms with van der Waals surface area (Å²) in [4.78, 5) is 4.04. The minimum absolute atomic E-state index is 0. The van der Waals surface area contributed by atoms with E-state index in [0.29, 0.717) is 25.7 Å². The Bertz CT molecular complexity index is 648. The summed E-state index contributed by atoms with van der Waals surface area (Å²) in [6, 6.07) is 6.07. The Morgan fingerprint density at radius 1 is 1.25 bits per heavy atom. The first-order valence-corrected chi connectivity index (χ1v) is 9.04. The quantitative estimate of drug-likeness (QED) is 0.344. The second-order valence-corrected chi connectivity index (χ2v) is 6.81. The van der Waals surface area contributed by atoms with Gasteiger partial charge in [0.2, 0.25) is 0 Å². The van der Waals surface area contributed by atoms with E-state index >= 15 is 0 Å². The summed E-state index contributed by atoms with van der Waals surface area (Å²) in [6.45, 7) is 3.59. The molecule has 0 aliphatic carbocycles. The number of hydrogen-bond acceptors (Lipinski definition) is 3. The standard InChI is InChI=1S/C19H28F3N3O2.HI/c1-14-4-5-16(26-3)15(12-14)18(7-10-27-11-8-18)13-25-17(23-2)24-9-6-19(20,21)22;/h4-5,12H,6-11,13H2,1-3H3,(H2,23,24,25);1H. The lowest BCUT2D eigenvalue weighted by molar-refractivity contribution is -0.132. The highest BCUT2D eigenvalue weighted by Crippen LogP contribution is 2.40. The number of hydrogen-bond donors (Lipinski definition) is 2. The molecule has 1 saturated heterocycles. The van der Waals surface area contributed by atoms with Gasteiger partial charge >= 0.3 is 6.18 Å². The van der Waals surface area contributed by atoms with Gasteiger partial charge < -0.3 is 20.1 Å². The normalized spacial score (nSPS) is 16.9. The van der Waals surface area contributed by atoms with Crippen molar-refractivity contribution >= 4 is 29.9 Å². The van der Waals surface area contributed by atoms with Gasteiger partial charge in [-0.1, -0.05) is 17.7 Å². The first-order valence-electron chi connectivity index (χ1n) is 9.04. The van der Waals surface area contributed by atoms with Gasteiger partial charge in [-0.25, -0.2) is 0 Å². The predicted molar refractivity (Wildman–Crippen MR) is 115 cm³/mol. The minimum atomic E-state index is -4.19. The van der Waals surface area contributed by atoms with Crippen LogP contribution in [0.4, 0.5) is 13.2 Å². The number of nitrogens with one attached hydrogen (secondary N) is 2. The molecule has 1 heterocycles. The maximum Gasteiger partial charge on any atom is 0.390 e. The molecule has 0 atom stereocenters. The molecule has 9 heteroatoms. The summed E-state index contributed by atoms with van der Waals surface area (Å²) in [6.07, 6.45) is -3.51. The molecule has 0 spiro atoms. The highest BCUT2D eigenvalue weighted by Gasteiger charge is 2.37. The molecule has 1 aliphatic heterocycles. The number of halogens is 4. The average Bonchev–Trinajstić information content (AvgIpc) is 2.64. The molecule has 5 nitrogen and oxygen atoms in total. The number of aryl methyl sites for hydroxylation is 1. The van der Waals surface area contributed by atoms with Gasteiger partial charge in [-0.15, -0.1) is 24.0 Å². The Hall–Kier alpha value is -1.23. The van der Waals surface area contributed by atoms with Gasteiger partial charge in [-0.05, 0) is 25.8 Å². The van der Waals surface area contributed by atoms with Crippen LogP contribution in [-0.4, -0.2) is 52.6 Å². The number of rotatable bonds is 6. The fourth-order valence-electron chi connectivity index (χ4n) is 3.34. The zero-order valence-corrected chi connectivity index (χ0v) is 18.8. The molecule has 160 valence electrons. The molecule has 0 amide bonds. The van der Waals surface area contributed by atoms with Crippen molar-refractivity contribution in [3.63, 3.8) is 0 Å². The van der Waals surface area contributed by atoms with E-state index in [4.69, 9.17) is 9.47 Å². The Kier molecular flexibility index (Phi) is 9.82. The van der Waals surface area contributed by atoms with Gasteiger partial charge in [0.1, 0.15) is 5.75 Å². The number of benzene rings is 1. The lowest BCUT2D eigenvalue weighted by Crippen LogP contribution is -2.48. The Morgan fingerprint density at radius 3 is 2.50 bits per heavy atom. The molecule has 1 aromatic rings. The molecule has 0 aromatic heterocycles. The molecule has 28 heavy (non-hydrogen) atoms.